The van der Waals surface area contributed by atoms with Gasteiger partial charge in [-0.2, -0.15) is 0 Å². The SMILES string of the molecule is CC(C(=O)N(C)[C@@H](C)[C@@H](O)c1ccccc1)[C@@H](C)c1ccccc1. The van der Waals surface area contributed by atoms with E-state index in [1.807, 2.05) is 62.4 Å². The number of benzene rings is 2. The minimum absolute atomic E-state index is 0.0498. The van der Waals surface area contributed by atoms with E-state index in [1.54, 1.807) is 11.9 Å². The Hall–Kier alpha value is -2.13. The van der Waals surface area contributed by atoms with Crippen molar-refractivity contribution in [2.45, 2.75) is 38.8 Å². The highest BCUT2D eigenvalue weighted by Gasteiger charge is 2.29. The molecule has 128 valence electrons. The number of carbonyl (C=O) groups excluding carboxylic acids is 1. The van der Waals surface area contributed by atoms with Gasteiger partial charge in [0.2, 0.25) is 5.91 Å². The zero-order valence-corrected chi connectivity index (χ0v) is 14.9. The van der Waals surface area contributed by atoms with Crippen LogP contribution in [0, 0.1) is 5.92 Å². The number of aliphatic hydroxyl groups is 1. The molecule has 0 saturated heterocycles. The van der Waals surface area contributed by atoms with E-state index in [4.69, 9.17) is 0 Å². The topological polar surface area (TPSA) is 40.5 Å². The lowest BCUT2D eigenvalue weighted by molar-refractivity contribution is -0.138. The molecule has 2 aromatic rings. The average Bonchev–Trinajstić information content (AvgIpc) is 2.65. The Bertz CT molecular complexity index is 641. The number of carbonyl (C=O) groups is 1. The van der Waals surface area contributed by atoms with Gasteiger partial charge in [0.05, 0.1) is 12.1 Å². The molecule has 2 rings (SSSR count). The summed E-state index contributed by atoms with van der Waals surface area (Å²) in [6, 6.07) is 19.3. The molecule has 0 fully saturated rings. The van der Waals surface area contributed by atoms with Crippen LogP contribution in [0.5, 0.6) is 0 Å². The Kier molecular flexibility index (Phi) is 6.16. The molecule has 3 heteroatoms. The molecule has 0 spiro atoms. The van der Waals surface area contributed by atoms with Crippen LogP contribution in [0.1, 0.15) is 43.9 Å². The van der Waals surface area contributed by atoms with E-state index in [2.05, 4.69) is 19.1 Å². The van der Waals surface area contributed by atoms with Crippen molar-refractivity contribution in [1.82, 2.24) is 4.90 Å². The molecule has 1 N–H and O–H groups in total. The van der Waals surface area contributed by atoms with Gasteiger partial charge < -0.3 is 10.0 Å². The Morgan fingerprint density at radius 1 is 0.875 bits per heavy atom. The van der Waals surface area contributed by atoms with Gasteiger partial charge in [-0.3, -0.25) is 4.79 Å². The number of hydrogen-bond acceptors (Lipinski definition) is 2. The van der Waals surface area contributed by atoms with E-state index in [-0.39, 0.29) is 23.8 Å². The summed E-state index contributed by atoms with van der Waals surface area (Å²) in [5.74, 6) is 0.0267. The predicted molar refractivity (Wildman–Crippen MR) is 97.7 cm³/mol. The van der Waals surface area contributed by atoms with Gasteiger partial charge in [0.25, 0.3) is 0 Å². The zero-order chi connectivity index (χ0) is 17.7. The van der Waals surface area contributed by atoms with Crippen LogP contribution in [0.4, 0.5) is 0 Å². The third-order valence-electron chi connectivity index (χ3n) is 5.02. The first-order valence-corrected chi connectivity index (χ1v) is 8.48. The van der Waals surface area contributed by atoms with Gasteiger partial charge in [-0.25, -0.2) is 0 Å². The first kappa shape index (κ1) is 18.2. The van der Waals surface area contributed by atoms with Gasteiger partial charge in [-0.1, -0.05) is 74.5 Å². The molecule has 0 aliphatic carbocycles. The fourth-order valence-electron chi connectivity index (χ4n) is 2.92. The lowest BCUT2D eigenvalue weighted by atomic mass is 9.87. The summed E-state index contributed by atoms with van der Waals surface area (Å²) in [7, 11) is 1.77. The maximum atomic E-state index is 12.8. The maximum absolute atomic E-state index is 12.8. The minimum atomic E-state index is -0.695. The van der Waals surface area contributed by atoms with Crippen molar-refractivity contribution >= 4 is 5.91 Å². The number of hydrogen-bond donors (Lipinski definition) is 1. The van der Waals surface area contributed by atoms with Crippen LogP contribution in [0.2, 0.25) is 0 Å². The quantitative estimate of drug-likeness (QED) is 0.872. The maximum Gasteiger partial charge on any atom is 0.226 e. The normalized spacial score (nSPS) is 16.0. The highest BCUT2D eigenvalue weighted by atomic mass is 16.3. The van der Waals surface area contributed by atoms with E-state index >= 15 is 0 Å². The average molecular weight is 325 g/mol. The molecule has 0 saturated carbocycles. The molecule has 1 amide bonds. The molecule has 0 heterocycles. The van der Waals surface area contributed by atoms with Gasteiger partial charge in [0.15, 0.2) is 0 Å². The third kappa shape index (κ3) is 4.04. The molecule has 0 radical (unpaired) electrons. The lowest BCUT2D eigenvalue weighted by Crippen LogP contribution is -2.42. The second-order valence-corrected chi connectivity index (χ2v) is 6.53. The molecule has 2 aromatic carbocycles. The fourth-order valence-corrected chi connectivity index (χ4v) is 2.92. The van der Waals surface area contributed by atoms with Gasteiger partial charge >= 0.3 is 0 Å². The van der Waals surface area contributed by atoms with Crippen molar-refractivity contribution in [2.24, 2.45) is 5.92 Å². The number of aliphatic hydroxyl groups excluding tert-OH is 1. The number of rotatable bonds is 6. The van der Waals surface area contributed by atoms with Crippen molar-refractivity contribution in [2.75, 3.05) is 7.05 Å². The Morgan fingerprint density at radius 3 is 1.83 bits per heavy atom. The van der Waals surface area contributed by atoms with E-state index in [0.29, 0.717) is 0 Å². The minimum Gasteiger partial charge on any atom is -0.386 e. The summed E-state index contributed by atoms with van der Waals surface area (Å²) < 4.78 is 0. The number of likely N-dealkylation sites (N-methyl/N-ethyl adjacent to an activating group) is 1. The van der Waals surface area contributed by atoms with Crippen LogP contribution >= 0.6 is 0 Å². The summed E-state index contributed by atoms with van der Waals surface area (Å²) in [6.07, 6.45) is -0.695. The standard InChI is InChI=1S/C21H27NO2/c1-15(18-11-7-5-8-12-18)16(2)21(24)22(4)17(3)20(23)19-13-9-6-10-14-19/h5-17,20,23H,1-4H3/t15-,16?,17+,20-/m1/s1. The van der Waals surface area contributed by atoms with E-state index in [1.165, 1.54) is 0 Å². The molecule has 24 heavy (non-hydrogen) atoms. The first-order valence-electron chi connectivity index (χ1n) is 8.48. The van der Waals surface area contributed by atoms with Gasteiger partial charge in [-0.05, 0) is 24.0 Å². The molecule has 0 aliphatic heterocycles. The fraction of sp³-hybridized carbons (Fsp3) is 0.381. The third-order valence-corrected chi connectivity index (χ3v) is 5.02. The second-order valence-electron chi connectivity index (χ2n) is 6.53. The summed E-state index contributed by atoms with van der Waals surface area (Å²) >= 11 is 0. The van der Waals surface area contributed by atoms with E-state index in [9.17, 15) is 9.90 Å². The highest BCUT2D eigenvalue weighted by Crippen LogP contribution is 2.27. The summed E-state index contributed by atoms with van der Waals surface area (Å²) in [4.78, 5) is 14.5. The smallest absolute Gasteiger partial charge is 0.226 e. The summed E-state index contributed by atoms with van der Waals surface area (Å²) in [6.45, 7) is 5.91. The van der Waals surface area contributed by atoms with Gasteiger partial charge in [0, 0.05) is 13.0 Å². The van der Waals surface area contributed by atoms with Crippen LogP contribution in [0.25, 0.3) is 0 Å². The van der Waals surface area contributed by atoms with Crippen LogP contribution in [-0.4, -0.2) is 29.0 Å². The zero-order valence-electron chi connectivity index (χ0n) is 14.9. The van der Waals surface area contributed by atoms with Crippen LogP contribution in [0.15, 0.2) is 60.7 Å². The second kappa shape index (κ2) is 8.11. The van der Waals surface area contributed by atoms with Crippen LogP contribution < -0.4 is 0 Å². The Labute approximate surface area is 144 Å². The largest absolute Gasteiger partial charge is 0.386 e. The van der Waals surface area contributed by atoms with Gasteiger partial charge in [-0.15, -0.1) is 0 Å². The molecule has 0 aromatic heterocycles. The van der Waals surface area contributed by atoms with E-state index < -0.39 is 6.10 Å². The Morgan fingerprint density at radius 2 is 1.33 bits per heavy atom. The van der Waals surface area contributed by atoms with Crippen molar-refractivity contribution in [3.05, 3.63) is 71.8 Å². The predicted octanol–water partition coefficient (Wildman–Crippen LogP) is 4.01. The van der Waals surface area contributed by atoms with Crippen molar-refractivity contribution < 1.29 is 9.90 Å². The van der Waals surface area contributed by atoms with Crippen molar-refractivity contribution in [3.63, 3.8) is 0 Å². The molecule has 1 unspecified atom stereocenters. The van der Waals surface area contributed by atoms with Crippen molar-refractivity contribution in [1.29, 1.82) is 0 Å². The number of nitrogens with zero attached hydrogens (tertiary/aromatic N) is 1. The summed E-state index contributed by atoms with van der Waals surface area (Å²) in [5, 5.41) is 10.6. The van der Waals surface area contributed by atoms with Gasteiger partial charge in [0.1, 0.15) is 0 Å². The molecular weight excluding hydrogens is 298 g/mol. The molecule has 4 atom stereocenters. The lowest BCUT2D eigenvalue weighted by Gasteiger charge is -2.33. The summed E-state index contributed by atoms with van der Waals surface area (Å²) in [5.41, 5.74) is 1.98. The monoisotopic (exact) mass is 325 g/mol. The van der Waals surface area contributed by atoms with Crippen LogP contribution in [-0.2, 0) is 4.79 Å². The molecule has 0 aliphatic rings. The number of amides is 1. The van der Waals surface area contributed by atoms with Crippen LogP contribution in [0.3, 0.4) is 0 Å². The molecular formula is C21H27NO2. The van der Waals surface area contributed by atoms with Crippen molar-refractivity contribution in [3.8, 4) is 0 Å². The Balaban J connectivity index is 2.07. The highest BCUT2D eigenvalue weighted by molar-refractivity contribution is 5.79. The first-order chi connectivity index (χ1) is 11.4. The van der Waals surface area contributed by atoms with E-state index in [0.717, 1.165) is 11.1 Å². The molecule has 0 bridgehead atoms. The molecule has 3 nitrogen and oxygen atoms in total.